The molecule has 3 heterocycles. The van der Waals surface area contributed by atoms with Crippen LogP contribution < -0.4 is 10.6 Å². The van der Waals surface area contributed by atoms with Crippen molar-refractivity contribution in [1.82, 2.24) is 15.5 Å². The van der Waals surface area contributed by atoms with Gasteiger partial charge in [0, 0.05) is 30.7 Å². The second-order valence-electron chi connectivity index (χ2n) is 11.8. The van der Waals surface area contributed by atoms with Gasteiger partial charge in [-0.3, -0.25) is 4.90 Å². The van der Waals surface area contributed by atoms with Crippen LogP contribution in [0.15, 0.2) is 36.4 Å². The number of urea groups is 1. The number of phenols is 1. The number of aliphatic hydroxyl groups is 4. The minimum absolute atomic E-state index is 0.0914. The molecule has 10 heteroatoms. The highest BCUT2D eigenvalue weighted by Crippen LogP contribution is 2.38. The Kier molecular flexibility index (Phi) is 9.48. The Bertz CT molecular complexity index is 1190. The number of nitrogens with one attached hydrogen (secondary N) is 2. The molecule has 0 saturated carbocycles. The lowest BCUT2D eigenvalue weighted by Gasteiger charge is -2.40. The van der Waals surface area contributed by atoms with Crippen molar-refractivity contribution >= 4 is 6.03 Å². The first-order valence-corrected chi connectivity index (χ1v) is 14.7. The molecule has 5 rings (SSSR count). The summed E-state index contributed by atoms with van der Waals surface area (Å²) in [6.45, 7) is 3.99. The van der Waals surface area contributed by atoms with E-state index in [1.54, 1.807) is 12.1 Å². The van der Waals surface area contributed by atoms with E-state index in [4.69, 9.17) is 4.74 Å². The fraction of sp³-hybridized carbons (Fsp3) is 0.581. The molecule has 3 saturated heterocycles. The average Bonchev–Trinajstić information content (AvgIpc) is 3.07. The average molecular weight is 570 g/mol. The van der Waals surface area contributed by atoms with E-state index >= 15 is 0 Å². The Hall–Kier alpha value is -2.73. The van der Waals surface area contributed by atoms with E-state index in [0.717, 1.165) is 54.2 Å². The minimum atomic E-state index is -1.52. The van der Waals surface area contributed by atoms with Gasteiger partial charge in [-0.1, -0.05) is 24.3 Å². The number of hydrogen-bond acceptors (Lipinski definition) is 8. The molecule has 0 bridgehead atoms. The topological polar surface area (TPSA) is 155 Å². The molecule has 2 amide bonds. The summed E-state index contributed by atoms with van der Waals surface area (Å²) in [7, 11) is 0. The molecular formula is C31H43N3O7. The van der Waals surface area contributed by atoms with Gasteiger partial charge >= 0.3 is 6.03 Å². The number of phenolic OH excluding ortho intramolecular Hbond substituents is 1. The van der Waals surface area contributed by atoms with E-state index in [1.165, 1.54) is 12.8 Å². The molecule has 2 aromatic carbocycles. The van der Waals surface area contributed by atoms with Crippen molar-refractivity contribution in [3.05, 3.63) is 64.2 Å². The van der Waals surface area contributed by atoms with Gasteiger partial charge in [0.2, 0.25) is 0 Å². The molecule has 3 aliphatic rings. The van der Waals surface area contributed by atoms with E-state index in [0.29, 0.717) is 19.4 Å². The molecule has 3 fully saturated rings. The van der Waals surface area contributed by atoms with Crippen LogP contribution in [0.2, 0.25) is 0 Å². The molecule has 2 aromatic rings. The van der Waals surface area contributed by atoms with E-state index in [2.05, 4.69) is 15.5 Å². The second-order valence-corrected chi connectivity index (χ2v) is 11.8. The summed E-state index contributed by atoms with van der Waals surface area (Å²) in [4.78, 5) is 14.9. The third-order valence-electron chi connectivity index (χ3n) is 8.95. The van der Waals surface area contributed by atoms with Gasteiger partial charge in [-0.15, -0.1) is 0 Å². The van der Waals surface area contributed by atoms with Crippen molar-refractivity contribution in [3.63, 3.8) is 0 Å². The number of amides is 2. The van der Waals surface area contributed by atoms with Crippen LogP contribution >= 0.6 is 0 Å². The van der Waals surface area contributed by atoms with Gasteiger partial charge in [0.15, 0.2) is 0 Å². The van der Waals surface area contributed by atoms with Crippen molar-refractivity contribution in [2.75, 3.05) is 26.2 Å². The monoisotopic (exact) mass is 569 g/mol. The van der Waals surface area contributed by atoms with E-state index in [9.17, 15) is 30.3 Å². The summed E-state index contributed by atoms with van der Waals surface area (Å²) in [5.74, 6) is -0.0914. The minimum Gasteiger partial charge on any atom is -0.508 e. The molecule has 41 heavy (non-hydrogen) atoms. The van der Waals surface area contributed by atoms with Gasteiger partial charge in [0.05, 0.1) is 6.61 Å². The second kappa shape index (κ2) is 13.1. The number of hydrogen-bond donors (Lipinski definition) is 7. The Morgan fingerprint density at radius 2 is 1.78 bits per heavy atom. The molecule has 0 aliphatic carbocycles. The molecule has 7 N–H and O–H groups in total. The molecule has 3 aliphatic heterocycles. The van der Waals surface area contributed by atoms with Crippen LogP contribution in [0, 0.1) is 6.92 Å². The largest absolute Gasteiger partial charge is 0.508 e. The van der Waals surface area contributed by atoms with E-state index in [-0.39, 0.29) is 23.4 Å². The number of carbonyl (C=O) groups excluding carboxylic acids is 1. The smallest absolute Gasteiger partial charge is 0.315 e. The van der Waals surface area contributed by atoms with Crippen LogP contribution in [0.3, 0.4) is 0 Å². The number of aromatic hydroxyl groups is 1. The number of aryl methyl sites for hydroxylation is 1. The van der Waals surface area contributed by atoms with Crippen LogP contribution in [-0.2, 0) is 17.6 Å². The highest BCUT2D eigenvalue weighted by atomic mass is 16.5. The van der Waals surface area contributed by atoms with Gasteiger partial charge in [-0.25, -0.2) is 4.79 Å². The van der Waals surface area contributed by atoms with Crippen molar-refractivity contribution < 1.29 is 35.1 Å². The van der Waals surface area contributed by atoms with Crippen LogP contribution in [-0.4, -0.2) is 99.2 Å². The van der Waals surface area contributed by atoms with Crippen LogP contribution in [0.4, 0.5) is 4.79 Å². The molecule has 7 atom stereocenters. The van der Waals surface area contributed by atoms with E-state index < -0.39 is 37.1 Å². The molecule has 0 radical (unpaired) electrons. The van der Waals surface area contributed by atoms with E-state index in [1.807, 2.05) is 31.2 Å². The molecule has 10 nitrogen and oxygen atoms in total. The summed E-state index contributed by atoms with van der Waals surface area (Å²) in [5.41, 5.74) is 4.20. The summed E-state index contributed by atoms with van der Waals surface area (Å²) in [6.07, 6.45) is -0.607. The third kappa shape index (κ3) is 6.85. The number of aliphatic hydroxyl groups excluding tert-OH is 4. The standard InChI is InChI=1S/C31H43N3O7/c1-18-13-25(36)24(30-29(39)28(38)27(37)26(17-35)41-30)15-21(18)14-20-7-5-19(6-8-20)9-11-32-31(40)33-22-3-2-4-23-10-12-34(23)16-22/h5-8,13,15,22-23,26-30,35-39H,2-4,9-12,14,16-17H2,1H3,(H2,32,33,40)/t22?,23?,26-,27-,28+,29-,30+/m1/s1. The lowest BCUT2D eigenvalue weighted by Crippen LogP contribution is -2.55. The Balaban J connectivity index is 1.15. The maximum atomic E-state index is 12.4. The zero-order valence-corrected chi connectivity index (χ0v) is 23.6. The molecule has 0 aromatic heterocycles. The number of fused-ring (bicyclic) bond motifs is 1. The first-order chi connectivity index (χ1) is 19.7. The first-order valence-electron chi connectivity index (χ1n) is 14.7. The number of nitrogens with zero attached hydrogens (tertiary/aromatic N) is 1. The predicted molar refractivity (Wildman–Crippen MR) is 153 cm³/mol. The summed E-state index contributed by atoms with van der Waals surface area (Å²) in [6, 6.07) is 12.3. The van der Waals surface area contributed by atoms with Crippen molar-refractivity contribution in [1.29, 1.82) is 0 Å². The van der Waals surface area contributed by atoms with Crippen molar-refractivity contribution in [2.45, 2.75) is 88.1 Å². The summed E-state index contributed by atoms with van der Waals surface area (Å²) >= 11 is 0. The normalized spacial score (nSPS) is 30.1. The predicted octanol–water partition coefficient (Wildman–Crippen LogP) is 1.27. The van der Waals surface area contributed by atoms with Crippen molar-refractivity contribution in [2.24, 2.45) is 0 Å². The van der Waals surface area contributed by atoms with Gasteiger partial charge in [0.25, 0.3) is 0 Å². The van der Waals surface area contributed by atoms with Gasteiger partial charge in [-0.05, 0) is 86.4 Å². The Labute approximate surface area is 241 Å². The molecular weight excluding hydrogens is 526 g/mol. The molecule has 2 unspecified atom stereocenters. The zero-order chi connectivity index (χ0) is 29.1. The van der Waals surface area contributed by atoms with Crippen LogP contribution in [0.1, 0.15) is 59.6 Å². The number of rotatable bonds is 8. The van der Waals surface area contributed by atoms with Crippen LogP contribution in [0.25, 0.3) is 0 Å². The molecule has 0 spiro atoms. The maximum absolute atomic E-state index is 12.4. The van der Waals surface area contributed by atoms with Gasteiger partial charge in [-0.2, -0.15) is 0 Å². The Morgan fingerprint density at radius 1 is 1.02 bits per heavy atom. The highest BCUT2D eigenvalue weighted by Gasteiger charge is 2.44. The number of ether oxygens (including phenoxy) is 1. The first kappa shape index (κ1) is 29.8. The quantitative estimate of drug-likeness (QED) is 0.251. The van der Waals surface area contributed by atoms with Gasteiger partial charge in [0.1, 0.15) is 36.3 Å². The number of benzene rings is 2. The molecule has 224 valence electrons. The van der Waals surface area contributed by atoms with Gasteiger partial charge < -0.3 is 40.9 Å². The zero-order valence-electron chi connectivity index (χ0n) is 23.6. The van der Waals surface area contributed by atoms with Crippen LogP contribution in [0.5, 0.6) is 5.75 Å². The lowest BCUT2D eigenvalue weighted by atomic mass is 9.88. The maximum Gasteiger partial charge on any atom is 0.315 e. The summed E-state index contributed by atoms with van der Waals surface area (Å²) in [5, 5.41) is 57.1. The third-order valence-corrected chi connectivity index (χ3v) is 8.95. The lowest BCUT2D eigenvalue weighted by molar-refractivity contribution is -0.232. The Morgan fingerprint density at radius 3 is 2.49 bits per heavy atom. The fourth-order valence-electron chi connectivity index (χ4n) is 6.29. The fourth-order valence-corrected chi connectivity index (χ4v) is 6.29. The number of carbonyl (C=O) groups is 1. The van der Waals surface area contributed by atoms with Crippen molar-refractivity contribution in [3.8, 4) is 5.75 Å². The summed E-state index contributed by atoms with van der Waals surface area (Å²) < 4.78 is 5.67. The SMILES string of the molecule is Cc1cc(O)c([C@@H]2O[C@H](CO)[C@@H](O)[C@H](O)[C@H]2O)cc1Cc1ccc(CCNC(=O)NC2CCCC3CCN3C2)cc1. The highest BCUT2D eigenvalue weighted by molar-refractivity contribution is 5.74.